The van der Waals surface area contributed by atoms with Crippen molar-refractivity contribution in [1.29, 1.82) is 0 Å². The molecule has 0 spiro atoms. The molecule has 0 aromatic heterocycles. The van der Waals surface area contributed by atoms with Gasteiger partial charge in [0.25, 0.3) is 6.47 Å². The van der Waals surface area contributed by atoms with Crippen LogP contribution < -0.4 is 32.3 Å². The average molecular weight is 642 g/mol. The van der Waals surface area contributed by atoms with E-state index in [1.165, 1.54) is 0 Å². The minimum Gasteiger partial charge on any atom is -0.463 e. The van der Waals surface area contributed by atoms with Crippen LogP contribution in [0.5, 0.6) is 0 Å². The van der Waals surface area contributed by atoms with E-state index in [0.717, 1.165) is 18.4 Å². The van der Waals surface area contributed by atoms with Crippen LogP contribution >= 0.6 is 15.9 Å². The first-order chi connectivity index (χ1) is 19.6. The summed E-state index contributed by atoms with van der Waals surface area (Å²) in [7, 11) is 0. The third-order valence-corrected chi connectivity index (χ3v) is 6.44. The van der Waals surface area contributed by atoms with Crippen LogP contribution in [0.4, 0.5) is 10.5 Å². The summed E-state index contributed by atoms with van der Waals surface area (Å²) in [6, 6.07) is 4.14. The molecule has 0 heterocycles. The van der Waals surface area contributed by atoms with Gasteiger partial charge in [-0.2, -0.15) is 0 Å². The van der Waals surface area contributed by atoms with Gasteiger partial charge in [-0.15, -0.1) is 0 Å². The second-order valence-electron chi connectivity index (χ2n) is 9.67. The van der Waals surface area contributed by atoms with Gasteiger partial charge in [-0.25, -0.2) is 4.79 Å². The Labute approximate surface area is 248 Å². The molecule has 0 aliphatic rings. The minimum absolute atomic E-state index is 0.0938. The second kappa shape index (κ2) is 20.2. The topological polar surface area (TPSA) is 198 Å². The number of rotatable bonds is 20. The molecular formula is C27H41BrN6O7. The van der Waals surface area contributed by atoms with E-state index in [1.54, 1.807) is 38.1 Å². The second-order valence-corrected chi connectivity index (χ2v) is 10.2. The van der Waals surface area contributed by atoms with Crippen molar-refractivity contribution in [1.82, 2.24) is 21.3 Å². The van der Waals surface area contributed by atoms with E-state index < -0.39 is 29.9 Å². The van der Waals surface area contributed by atoms with E-state index in [9.17, 15) is 28.8 Å². The van der Waals surface area contributed by atoms with Gasteiger partial charge < -0.3 is 37.1 Å². The predicted molar refractivity (Wildman–Crippen MR) is 157 cm³/mol. The minimum atomic E-state index is -0.955. The largest absolute Gasteiger partial charge is 0.463 e. The number of alkyl halides is 1. The summed E-state index contributed by atoms with van der Waals surface area (Å²) in [6.07, 6.45) is 2.85. The first kappa shape index (κ1) is 35.3. The highest BCUT2D eigenvalue weighted by Gasteiger charge is 2.28. The van der Waals surface area contributed by atoms with Crippen LogP contribution in [0.15, 0.2) is 24.3 Å². The Morgan fingerprint density at radius 1 is 0.902 bits per heavy atom. The van der Waals surface area contributed by atoms with Crippen molar-refractivity contribution in [3.63, 3.8) is 0 Å². The summed E-state index contributed by atoms with van der Waals surface area (Å²) >= 11 is 3.08. The highest BCUT2D eigenvalue weighted by atomic mass is 79.9. The molecule has 41 heavy (non-hydrogen) atoms. The smallest absolute Gasteiger partial charge is 0.312 e. The molecule has 0 fully saturated rings. The Balaban J connectivity index is 2.76. The molecule has 13 nitrogen and oxygen atoms in total. The Bertz CT molecular complexity index is 1010. The Morgan fingerprint density at radius 3 is 2.20 bits per heavy atom. The van der Waals surface area contributed by atoms with Crippen LogP contribution in [-0.2, 0) is 35.3 Å². The molecule has 0 saturated carbocycles. The van der Waals surface area contributed by atoms with Gasteiger partial charge in [0.1, 0.15) is 18.7 Å². The molecule has 1 unspecified atom stereocenters. The van der Waals surface area contributed by atoms with Crippen molar-refractivity contribution in [3.8, 4) is 0 Å². The first-order valence-electron chi connectivity index (χ1n) is 13.5. The number of unbranched alkanes of at least 4 members (excludes halogenated alkanes) is 2. The van der Waals surface area contributed by atoms with Crippen molar-refractivity contribution < 1.29 is 33.5 Å². The molecule has 6 amide bonds. The van der Waals surface area contributed by atoms with Crippen molar-refractivity contribution in [2.24, 2.45) is 11.7 Å². The maximum atomic E-state index is 13.2. The number of halogens is 1. The number of urea groups is 1. The van der Waals surface area contributed by atoms with Crippen LogP contribution in [0, 0.1) is 5.92 Å². The van der Waals surface area contributed by atoms with Crippen LogP contribution in [0.3, 0.4) is 0 Å². The summed E-state index contributed by atoms with van der Waals surface area (Å²) in [6.45, 7) is 4.77. The van der Waals surface area contributed by atoms with Crippen LogP contribution in [0.1, 0.15) is 57.9 Å². The van der Waals surface area contributed by atoms with Crippen LogP contribution in [0.25, 0.3) is 0 Å². The summed E-state index contributed by atoms with van der Waals surface area (Å²) < 4.78 is 4.71. The number of amides is 6. The van der Waals surface area contributed by atoms with E-state index in [1.807, 2.05) is 0 Å². The molecule has 1 aromatic rings. The normalized spacial score (nSPS) is 12.0. The standard InChI is InChI=1S/C27H41BrN6O7/c1-18(2)24(34-22(36)8-4-3-5-13-30-23(37)15-28)26(39)33-21(7-6-14-31-27(29)40)25(38)32-20-11-9-19(10-12-20)16-41-17-35/h9-12,17-18,21,24H,3-8,13-16H2,1-2H3,(H,30,37)(H,32,38)(H,33,39)(H,34,36)(H3,29,31,40)/t21-,24?/m0/s1. The van der Waals surface area contributed by atoms with Crippen molar-refractivity contribution in [2.45, 2.75) is 71.1 Å². The predicted octanol–water partition coefficient (Wildman–Crippen LogP) is 1.44. The van der Waals surface area contributed by atoms with Crippen LogP contribution in [0.2, 0.25) is 0 Å². The number of carbonyl (C=O) groups is 6. The van der Waals surface area contributed by atoms with E-state index in [4.69, 9.17) is 10.5 Å². The zero-order valence-electron chi connectivity index (χ0n) is 23.5. The lowest BCUT2D eigenvalue weighted by Gasteiger charge is -2.25. The summed E-state index contributed by atoms with van der Waals surface area (Å²) in [4.78, 5) is 71.5. The quantitative estimate of drug-likeness (QED) is 0.0703. The number of nitrogens with one attached hydrogen (secondary N) is 5. The molecule has 228 valence electrons. The molecule has 14 heteroatoms. The highest BCUT2D eigenvalue weighted by Crippen LogP contribution is 2.12. The molecule has 2 atom stereocenters. The average Bonchev–Trinajstić information content (AvgIpc) is 2.94. The zero-order chi connectivity index (χ0) is 30.6. The van der Waals surface area contributed by atoms with Gasteiger partial charge in [-0.3, -0.25) is 24.0 Å². The number of hydrogen-bond donors (Lipinski definition) is 6. The van der Waals surface area contributed by atoms with Crippen molar-refractivity contribution in [2.75, 3.05) is 23.7 Å². The lowest BCUT2D eigenvalue weighted by molar-refractivity contribution is -0.132. The number of carbonyl (C=O) groups excluding carboxylic acids is 6. The fourth-order valence-electron chi connectivity index (χ4n) is 3.73. The molecule has 0 saturated heterocycles. The molecular weight excluding hydrogens is 600 g/mol. The Morgan fingerprint density at radius 2 is 1.59 bits per heavy atom. The summed E-state index contributed by atoms with van der Waals surface area (Å²) in [5, 5.41) is 13.7. The molecule has 0 radical (unpaired) electrons. The lowest BCUT2D eigenvalue weighted by atomic mass is 10.0. The van der Waals surface area contributed by atoms with Gasteiger partial charge in [-0.05, 0) is 49.3 Å². The SMILES string of the molecule is CC(C)C(NC(=O)CCCCCNC(=O)CBr)C(=O)N[C@@H](CCCNC(N)=O)C(=O)Nc1ccc(COC=O)cc1. The maximum Gasteiger partial charge on any atom is 0.312 e. The number of benzene rings is 1. The van der Waals surface area contributed by atoms with Gasteiger partial charge in [0, 0.05) is 25.2 Å². The van der Waals surface area contributed by atoms with E-state index in [-0.39, 0.29) is 49.1 Å². The zero-order valence-corrected chi connectivity index (χ0v) is 25.1. The van der Waals surface area contributed by atoms with Gasteiger partial charge in [0.15, 0.2) is 0 Å². The van der Waals surface area contributed by atoms with E-state index in [2.05, 4.69) is 42.5 Å². The molecule has 0 aliphatic heterocycles. The molecule has 0 aliphatic carbocycles. The maximum absolute atomic E-state index is 13.2. The van der Waals surface area contributed by atoms with Crippen LogP contribution in [-0.4, -0.2) is 66.6 Å². The first-order valence-corrected chi connectivity index (χ1v) is 14.6. The monoisotopic (exact) mass is 640 g/mol. The fraction of sp³-hybridized carbons (Fsp3) is 0.556. The number of nitrogens with two attached hydrogens (primary N) is 1. The molecule has 1 aromatic carbocycles. The van der Waals surface area contributed by atoms with Gasteiger partial charge in [0.05, 0.1) is 5.33 Å². The van der Waals surface area contributed by atoms with Gasteiger partial charge >= 0.3 is 6.03 Å². The number of hydrogen-bond acceptors (Lipinski definition) is 7. The Hall–Kier alpha value is -3.68. The fourth-order valence-corrected chi connectivity index (χ4v) is 3.93. The lowest BCUT2D eigenvalue weighted by Crippen LogP contribution is -2.54. The van der Waals surface area contributed by atoms with Gasteiger partial charge in [-0.1, -0.05) is 48.3 Å². The van der Waals surface area contributed by atoms with Crippen molar-refractivity contribution >= 4 is 57.7 Å². The number of primary amides is 1. The Kier molecular flexibility index (Phi) is 17.4. The summed E-state index contributed by atoms with van der Waals surface area (Å²) in [5.74, 6) is -1.61. The highest BCUT2D eigenvalue weighted by molar-refractivity contribution is 9.09. The van der Waals surface area contributed by atoms with Crippen molar-refractivity contribution in [3.05, 3.63) is 29.8 Å². The molecule has 1 rings (SSSR count). The third-order valence-electron chi connectivity index (χ3n) is 5.93. The van der Waals surface area contributed by atoms with Gasteiger partial charge in [0.2, 0.25) is 23.6 Å². The van der Waals surface area contributed by atoms with E-state index >= 15 is 0 Å². The molecule has 7 N–H and O–H groups in total. The summed E-state index contributed by atoms with van der Waals surface area (Å²) in [5.41, 5.74) is 6.31. The third kappa shape index (κ3) is 15.6. The number of ether oxygens (including phenoxy) is 1. The molecule has 0 bridgehead atoms. The van der Waals surface area contributed by atoms with E-state index in [0.29, 0.717) is 31.5 Å². The number of anilines is 1.